The van der Waals surface area contributed by atoms with Gasteiger partial charge in [-0.1, -0.05) is 27.7 Å². The van der Waals surface area contributed by atoms with Crippen LogP contribution in [0.15, 0.2) is 12.4 Å². The highest BCUT2D eigenvalue weighted by atomic mass is 15.3. The molecular formula is C15H27N3. The van der Waals surface area contributed by atoms with Gasteiger partial charge < -0.3 is 4.90 Å². The van der Waals surface area contributed by atoms with Gasteiger partial charge in [0.15, 0.2) is 0 Å². The summed E-state index contributed by atoms with van der Waals surface area (Å²) in [6, 6.07) is 0.612. The van der Waals surface area contributed by atoms with Crippen molar-refractivity contribution in [3.8, 4) is 0 Å². The quantitative estimate of drug-likeness (QED) is 0.816. The molecular weight excluding hydrogens is 222 g/mol. The fourth-order valence-electron chi connectivity index (χ4n) is 2.73. The molecule has 2 heterocycles. The van der Waals surface area contributed by atoms with E-state index in [0.29, 0.717) is 12.0 Å². The third kappa shape index (κ3) is 3.35. The Morgan fingerprint density at radius 3 is 2.39 bits per heavy atom. The second-order valence-electron chi connectivity index (χ2n) is 6.33. The van der Waals surface area contributed by atoms with Gasteiger partial charge in [-0.15, -0.1) is 0 Å². The first-order chi connectivity index (χ1) is 8.56. The van der Waals surface area contributed by atoms with Crippen LogP contribution >= 0.6 is 0 Å². The molecule has 0 radical (unpaired) electrons. The van der Waals surface area contributed by atoms with Crippen molar-refractivity contribution < 1.29 is 0 Å². The number of rotatable bonds is 4. The number of piperidine rings is 1. The van der Waals surface area contributed by atoms with Crippen LogP contribution in [0.2, 0.25) is 0 Å². The van der Waals surface area contributed by atoms with Crippen molar-refractivity contribution in [2.24, 2.45) is 5.92 Å². The smallest absolute Gasteiger partial charge is 0.0543 e. The lowest BCUT2D eigenvalue weighted by atomic mass is 10.0. The highest BCUT2D eigenvalue weighted by Gasteiger charge is 2.21. The number of likely N-dealkylation sites (tertiary alicyclic amines) is 1. The van der Waals surface area contributed by atoms with E-state index in [4.69, 9.17) is 0 Å². The molecule has 2 rings (SSSR count). The summed E-state index contributed by atoms with van der Waals surface area (Å²) in [6.45, 7) is 12.7. The SMILES string of the molecule is CC(C)CN1CCC(n2cc(C(C)C)cn2)CC1. The molecule has 1 aromatic rings. The molecule has 0 aromatic carbocycles. The Labute approximate surface area is 111 Å². The molecule has 1 fully saturated rings. The molecule has 3 heteroatoms. The van der Waals surface area contributed by atoms with Gasteiger partial charge in [0, 0.05) is 25.8 Å². The van der Waals surface area contributed by atoms with Crippen molar-refractivity contribution in [1.82, 2.24) is 14.7 Å². The molecule has 0 atom stereocenters. The van der Waals surface area contributed by atoms with Gasteiger partial charge >= 0.3 is 0 Å². The van der Waals surface area contributed by atoms with E-state index in [9.17, 15) is 0 Å². The Morgan fingerprint density at radius 1 is 1.22 bits per heavy atom. The highest BCUT2D eigenvalue weighted by molar-refractivity contribution is 5.09. The van der Waals surface area contributed by atoms with Gasteiger partial charge in [-0.25, -0.2) is 0 Å². The second kappa shape index (κ2) is 5.87. The van der Waals surface area contributed by atoms with Crippen LogP contribution < -0.4 is 0 Å². The summed E-state index contributed by atoms with van der Waals surface area (Å²) in [5.41, 5.74) is 1.36. The molecule has 0 N–H and O–H groups in total. The van der Waals surface area contributed by atoms with Gasteiger partial charge in [0.05, 0.1) is 12.2 Å². The summed E-state index contributed by atoms with van der Waals surface area (Å²) in [5.74, 6) is 1.36. The van der Waals surface area contributed by atoms with Crippen molar-refractivity contribution in [2.45, 2.75) is 52.5 Å². The first-order valence-electron chi connectivity index (χ1n) is 7.32. The fraction of sp³-hybridized carbons (Fsp3) is 0.800. The van der Waals surface area contributed by atoms with Crippen LogP contribution in [0.25, 0.3) is 0 Å². The second-order valence-corrected chi connectivity index (χ2v) is 6.33. The lowest BCUT2D eigenvalue weighted by Gasteiger charge is -2.33. The Hall–Kier alpha value is -0.830. The largest absolute Gasteiger partial charge is 0.303 e. The molecule has 1 saturated heterocycles. The van der Waals surface area contributed by atoms with Gasteiger partial charge in [-0.2, -0.15) is 5.10 Å². The third-order valence-electron chi connectivity index (χ3n) is 3.84. The number of hydrogen-bond donors (Lipinski definition) is 0. The molecule has 1 aliphatic heterocycles. The number of nitrogens with zero attached hydrogens (tertiary/aromatic N) is 3. The molecule has 0 amide bonds. The van der Waals surface area contributed by atoms with Crippen LogP contribution in [0, 0.1) is 5.92 Å². The molecule has 1 aliphatic rings. The Morgan fingerprint density at radius 2 is 1.89 bits per heavy atom. The zero-order valence-electron chi connectivity index (χ0n) is 12.3. The molecule has 3 nitrogen and oxygen atoms in total. The Balaban J connectivity index is 1.88. The lowest BCUT2D eigenvalue weighted by molar-refractivity contribution is 0.164. The van der Waals surface area contributed by atoms with Crippen LogP contribution in [0.1, 0.15) is 58.1 Å². The van der Waals surface area contributed by atoms with Crippen molar-refractivity contribution >= 4 is 0 Å². The maximum absolute atomic E-state index is 4.55. The summed E-state index contributed by atoms with van der Waals surface area (Å²) >= 11 is 0. The van der Waals surface area contributed by atoms with E-state index in [-0.39, 0.29) is 0 Å². The minimum absolute atomic E-state index is 0.583. The summed E-state index contributed by atoms with van der Waals surface area (Å²) in [5, 5.41) is 4.55. The van der Waals surface area contributed by atoms with E-state index < -0.39 is 0 Å². The van der Waals surface area contributed by atoms with Gasteiger partial charge in [0.2, 0.25) is 0 Å². The molecule has 0 bridgehead atoms. The maximum atomic E-state index is 4.55. The monoisotopic (exact) mass is 249 g/mol. The minimum atomic E-state index is 0.583. The zero-order chi connectivity index (χ0) is 13.1. The van der Waals surface area contributed by atoms with Crippen LogP contribution in [-0.4, -0.2) is 34.3 Å². The average molecular weight is 249 g/mol. The molecule has 0 aliphatic carbocycles. The van der Waals surface area contributed by atoms with E-state index in [1.807, 2.05) is 6.20 Å². The Bertz CT molecular complexity index is 360. The highest BCUT2D eigenvalue weighted by Crippen LogP contribution is 2.24. The van der Waals surface area contributed by atoms with Crippen molar-refractivity contribution in [2.75, 3.05) is 19.6 Å². The molecule has 0 unspecified atom stereocenters. The molecule has 0 saturated carbocycles. The molecule has 1 aromatic heterocycles. The van der Waals surface area contributed by atoms with Crippen molar-refractivity contribution in [1.29, 1.82) is 0 Å². The molecule has 0 spiro atoms. The number of hydrogen-bond acceptors (Lipinski definition) is 2. The molecule has 18 heavy (non-hydrogen) atoms. The molecule has 102 valence electrons. The predicted molar refractivity (Wildman–Crippen MR) is 75.9 cm³/mol. The average Bonchev–Trinajstić information content (AvgIpc) is 2.78. The van der Waals surface area contributed by atoms with Crippen LogP contribution in [0.5, 0.6) is 0 Å². The van der Waals surface area contributed by atoms with E-state index in [1.54, 1.807) is 0 Å². The maximum Gasteiger partial charge on any atom is 0.0543 e. The van der Waals surface area contributed by atoms with Gasteiger partial charge in [-0.05, 0) is 30.2 Å². The lowest BCUT2D eigenvalue weighted by Crippen LogP contribution is -2.36. The summed E-state index contributed by atoms with van der Waals surface area (Å²) < 4.78 is 2.20. The number of aromatic nitrogens is 2. The van der Waals surface area contributed by atoms with E-state index in [0.717, 1.165) is 5.92 Å². The van der Waals surface area contributed by atoms with E-state index >= 15 is 0 Å². The van der Waals surface area contributed by atoms with Crippen molar-refractivity contribution in [3.05, 3.63) is 18.0 Å². The Kier molecular flexibility index (Phi) is 4.44. The van der Waals surface area contributed by atoms with Gasteiger partial charge in [0.1, 0.15) is 0 Å². The summed E-state index contributed by atoms with van der Waals surface area (Å²) in [6.07, 6.45) is 6.76. The first-order valence-corrected chi connectivity index (χ1v) is 7.32. The summed E-state index contributed by atoms with van der Waals surface area (Å²) in [7, 11) is 0. The standard InChI is InChI=1S/C15H27N3/c1-12(2)10-17-7-5-15(6-8-17)18-11-14(9-16-18)13(3)4/h9,11-13,15H,5-8,10H2,1-4H3. The van der Waals surface area contributed by atoms with Crippen LogP contribution in [0.3, 0.4) is 0 Å². The van der Waals surface area contributed by atoms with Crippen LogP contribution in [-0.2, 0) is 0 Å². The topological polar surface area (TPSA) is 21.1 Å². The summed E-state index contributed by atoms with van der Waals surface area (Å²) in [4.78, 5) is 2.59. The zero-order valence-corrected chi connectivity index (χ0v) is 12.3. The van der Waals surface area contributed by atoms with Gasteiger partial charge in [0.25, 0.3) is 0 Å². The fourth-order valence-corrected chi connectivity index (χ4v) is 2.73. The van der Waals surface area contributed by atoms with Gasteiger partial charge in [-0.3, -0.25) is 4.68 Å². The van der Waals surface area contributed by atoms with Crippen molar-refractivity contribution in [3.63, 3.8) is 0 Å². The van der Waals surface area contributed by atoms with E-state index in [1.165, 1.54) is 38.0 Å². The third-order valence-corrected chi connectivity index (χ3v) is 3.84. The predicted octanol–water partition coefficient (Wildman–Crippen LogP) is 3.30. The minimum Gasteiger partial charge on any atom is -0.303 e. The normalized spacial score (nSPS) is 19.0. The first kappa shape index (κ1) is 13.6. The van der Waals surface area contributed by atoms with E-state index in [2.05, 4.69) is 48.6 Å². The van der Waals surface area contributed by atoms with Crippen LogP contribution in [0.4, 0.5) is 0 Å².